The van der Waals surface area contributed by atoms with E-state index in [1.165, 1.54) is 4.68 Å². The zero-order valence-electron chi connectivity index (χ0n) is 18.1. The van der Waals surface area contributed by atoms with Crippen molar-refractivity contribution in [3.8, 4) is 0 Å². The zero-order valence-corrected chi connectivity index (χ0v) is 20.4. The van der Waals surface area contributed by atoms with E-state index < -0.39 is 17.7 Å². The number of carbonyl (C=O) groups excluding carboxylic acids is 3. The van der Waals surface area contributed by atoms with Crippen LogP contribution in [0.3, 0.4) is 0 Å². The standard InChI is InChI=1S/C25H20BrClN4O3/c1-2-15-6-9-19(10-7-15)28-24(33)25(34)30-31-21-11-8-17(26)12-16(21)13-22(31)23(32)29-20-5-3-4-18(27)14-20/h3-14H,2H2,1H3,(H,28,33)(H,29,32)(H,30,34). The number of fused-ring (bicyclic) bond motifs is 1. The number of carbonyl (C=O) groups is 3. The fraction of sp³-hybridized carbons (Fsp3) is 0.0800. The first kappa shape index (κ1) is 23.5. The zero-order chi connectivity index (χ0) is 24.2. The van der Waals surface area contributed by atoms with E-state index in [1.807, 2.05) is 25.1 Å². The Kier molecular flexibility index (Phi) is 7.00. The van der Waals surface area contributed by atoms with Crippen molar-refractivity contribution in [3.05, 3.63) is 93.5 Å². The van der Waals surface area contributed by atoms with Gasteiger partial charge in [-0.05, 0) is 66.6 Å². The molecule has 4 aromatic rings. The molecule has 0 unspecified atom stereocenters. The van der Waals surface area contributed by atoms with Crippen LogP contribution in [-0.2, 0) is 16.0 Å². The minimum atomic E-state index is -0.920. The van der Waals surface area contributed by atoms with Gasteiger partial charge < -0.3 is 10.6 Å². The van der Waals surface area contributed by atoms with Gasteiger partial charge in [0, 0.05) is 26.3 Å². The first-order chi connectivity index (χ1) is 16.3. The van der Waals surface area contributed by atoms with Crippen molar-refractivity contribution < 1.29 is 14.4 Å². The second-order valence-corrected chi connectivity index (χ2v) is 8.83. The van der Waals surface area contributed by atoms with E-state index in [0.717, 1.165) is 16.5 Å². The monoisotopic (exact) mass is 538 g/mol. The largest absolute Gasteiger partial charge is 0.328 e. The van der Waals surface area contributed by atoms with Gasteiger partial charge in [-0.25, -0.2) is 4.68 Å². The summed E-state index contributed by atoms with van der Waals surface area (Å²) >= 11 is 9.42. The maximum absolute atomic E-state index is 13.1. The highest BCUT2D eigenvalue weighted by atomic mass is 79.9. The predicted molar refractivity (Wildman–Crippen MR) is 138 cm³/mol. The molecule has 7 nitrogen and oxygen atoms in total. The minimum absolute atomic E-state index is 0.140. The van der Waals surface area contributed by atoms with Gasteiger partial charge in [-0.3, -0.25) is 19.8 Å². The van der Waals surface area contributed by atoms with Crippen LogP contribution in [0.25, 0.3) is 10.9 Å². The van der Waals surface area contributed by atoms with Gasteiger partial charge in [0.25, 0.3) is 5.91 Å². The molecule has 0 fully saturated rings. The van der Waals surface area contributed by atoms with E-state index in [2.05, 4.69) is 32.0 Å². The highest BCUT2D eigenvalue weighted by Gasteiger charge is 2.21. The van der Waals surface area contributed by atoms with Gasteiger partial charge in [-0.2, -0.15) is 0 Å². The van der Waals surface area contributed by atoms with Gasteiger partial charge in [0.15, 0.2) is 0 Å². The van der Waals surface area contributed by atoms with E-state index in [4.69, 9.17) is 11.6 Å². The molecular weight excluding hydrogens is 520 g/mol. The average Bonchev–Trinajstić information content (AvgIpc) is 3.17. The van der Waals surface area contributed by atoms with E-state index in [9.17, 15) is 14.4 Å². The molecular formula is C25H20BrClN4O3. The predicted octanol–water partition coefficient (Wildman–Crippen LogP) is 5.58. The summed E-state index contributed by atoms with van der Waals surface area (Å²) < 4.78 is 2.10. The topological polar surface area (TPSA) is 92.2 Å². The SMILES string of the molecule is CCc1ccc(NC(=O)C(=O)Nn2c(C(=O)Nc3cccc(Cl)c3)cc3cc(Br)ccc32)cc1. The van der Waals surface area contributed by atoms with Crippen molar-refractivity contribution >= 4 is 67.5 Å². The summed E-state index contributed by atoms with van der Waals surface area (Å²) in [6.07, 6.45) is 0.867. The minimum Gasteiger partial charge on any atom is -0.321 e. The number of nitrogens with zero attached hydrogens (tertiary/aromatic N) is 1. The van der Waals surface area contributed by atoms with Crippen LogP contribution in [0.2, 0.25) is 5.02 Å². The lowest BCUT2D eigenvalue weighted by Gasteiger charge is -2.13. The molecule has 0 aliphatic rings. The fourth-order valence-electron chi connectivity index (χ4n) is 3.40. The van der Waals surface area contributed by atoms with Crippen LogP contribution in [0.4, 0.5) is 11.4 Å². The third-order valence-corrected chi connectivity index (χ3v) is 5.85. The number of nitrogens with one attached hydrogen (secondary N) is 3. The van der Waals surface area contributed by atoms with Crippen molar-refractivity contribution in [2.24, 2.45) is 0 Å². The lowest BCUT2D eigenvalue weighted by Crippen LogP contribution is -2.36. The molecule has 0 saturated carbocycles. The number of anilines is 2. The quantitative estimate of drug-likeness (QED) is 0.289. The molecule has 3 N–H and O–H groups in total. The van der Waals surface area contributed by atoms with Crippen LogP contribution >= 0.6 is 27.5 Å². The molecule has 0 bridgehead atoms. The molecule has 1 heterocycles. The Morgan fingerprint density at radius 3 is 2.35 bits per heavy atom. The summed E-state index contributed by atoms with van der Waals surface area (Å²) in [4.78, 5) is 38.3. The number of aryl methyl sites for hydroxylation is 1. The third kappa shape index (κ3) is 5.30. The highest BCUT2D eigenvalue weighted by molar-refractivity contribution is 9.10. The Bertz CT molecular complexity index is 1400. The Labute approximate surface area is 209 Å². The maximum atomic E-state index is 13.1. The summed E-state index contributed by atoms with van der Waals surface area (Å²) in [6, 6.07) is 20.9. The third-order valence-electron chi connectivity index (χ3n) is 5.12. The summed E-state index contributed by atoms with van der Waals surface area (Å²) in [5.74, 6) is -2.26. The van der Waals surface area contributed by atoms with E-state index in [1.54, 1.807) is 54.6 Å². The molecule has 9 heteroatoms. The first-order valence-electron chi connectivity index (χ1n) is 10.4. The summed E-state index contributed by atoms with van der Waals surface area (Å²) in [5.41, 5.74) is 5.33. The van der Waals surface area contributed by atoms with E-state index >= 15 is 0 Å². The van der Waals surface area contributed by atoms with Crippen LogP contribution in [0.5, 0.6) is 0 Å². The van der Waals surface area contributed by atoms with Crippen LogP contribution < -0.4 is 16.1 Å². The normalized spacial score (nSPS) is 10.7. The molecule has 0 aliphatic carbocycles. The van der Waals surface area contributed by atoms with E-state index in [-0.39, 0.29) is 5.69 Å². The number of hydrogen-bond donors (Lipinski definition) is 3. The molecule has 1 aromatic heterocycles. The van der Waals surface area contributed by atoms with E-state index in [0.29, 0.717) is 27.3 Å². The Balaban J connectivity index is 1.60. The fourth-order valence-corrected chi connectivity index (χ4v) is 3.97. The molecule has 0 aliphatic heterocycles. The lowest BCUT2D eigenvalue weighted by molar-refractivity contribution is -0.133. The van der Waals surface area contributed by atoms with Crippen molar-refractivity contribution in [2.75, 3.05) is 16.1 Å². The van der Waals surface area contributed by atoms with Gasteiger partial charge in [0.1, 0.15) is 5.69 Å². The number of hydrogen-bond acceptors (Lipinski definition) is 3. The van der Waals surface area contributed by atoms with Gasteiger partial charge in [0.05, 0.1) is 5.52 Å². The molecule has 3 amide bonds. The average molecular weight is 540 g/mol. The molecule has 34 heavy (non-hydrogen) atoms. The second kappa shape index (κ2) is 10.1. The Morgan fingerprint density at radius 2 is 1.65 bits per heavy atom. The molecule has 172 valence electrons. The van der Waals surface area contributed by atoms with Gasteiger partial charge in [-0.1, -0.05) is 52.7 Å². The Morgan fingerprint density at radius 1 is 0.882 bits per heavy atom. The van der Waals surface area contributed by atoms with Gasteiger partial charge in [0.2, 0.25) is 0 Å². The number of rotatable bonds is 5. The second-order valence-electron chi connectivity index (χ2n) is 7.48. The van der Waals surface area contributed by atoms with Crippen LogP contribution in [0.1, 0.15) is 23.0 Å². The van der Waals surface area contributed by atoms with Crippen molar-refractivity contribution in [3.63, 3.8) is 0 Å². The maximum Gasteiger partial charge on any atom is 0.328 e. The van der Waals surface area contributed by atoms with Crippen molar-refractivity contribution in [1.82, 2.24) is 4.68 Å². The molecule has 3 aromatic carbocycles. The molecule has 0 radical (unpaired) electrons. The number of halogens is 2. The first-order valence-corrected chi connectivity index (χ1v) is 11.6. The number of amides is 3. The van der Waals surface area contributed by atoms with Gasteiger partial charge in [-0.15, -0.1) is 0 Å². The molecule has 0 spiro atoms. The molecule has 0 saturated heterocycles. The lowest BCUT2D eigenvalue weighted by atomic mass is 10.1. The number of benzene rings is 3. The van der Waals surface area contributed by atoms with Crippen molar-refractivity contribution in [2.45, 2.75) is 13.3 Å². The summed E-state index contributed by atoms with van der Waals surface area (Å²) in [6.45, 7) is 2.03. The van der Waals surface area contributed by atoms with Crippen molar-refractivity contribution in [1.29, 1.82) is 0 Å². The Hall–Kier alpha value is -3.62. The van der Waals surface area contributed by atoms with Crippen LogP contribution in [-0.4, -0.2) is 22.4 Å². The molecule has 4 rings (SSSR count). The number of aromatic nitrogens is 1. The smallest absolute Gasteiger partial charge is 0.321 e. The highest BCUT2D eigenvalue weighted by Crippen LogP contribution is 2.24. The van der Waals surface area contributed by atoms with Gasteiger partial charge >= 0.3 is 11.8 Å². The van der Waals surface area contributed by atoms with Crippen LogP contribution in [0, 0.1) is 0 Å². The molecule has 0 atom stereocenters. The summed E-state index contributed by atoms with van der Waals surface area (Å²) in [7, 11) is 0. The van der Waals surface area contributed by atoms with Crippen LogP contribution in [0.15, 0.2) is 77.3 Å². The summed E-state index contributed by atoms with van der Waals surface area (Å²) in [5, 5.41) is 6.50.